The number of para-hydroxylation sites is 3. The van der Waals surface area contributed by atoms with Crippen molar-refractivity contribution in [2.45, 2.75) is 20.8 Å². The zero-order valence-corrected chi connectivity index (χ0v) is 61.5. The maximum atomic E-state index is 4.88. The molecule has 0 aliphatic heterocycles. The van der Waals surface area contributed by atoms with Gasteiger partial charge in [0.1, 0.15) is 17.5 Å². The van der Waals surface area contributed by atoms with Gasteiger partial charge in [-0.2, -0.15) is 0 Å². The topological polar surface area (TPSA) is 116 Å². The summed E-state index contributed by atoms with van der Waals surface area (Å²) in [5, 5.41) is 3.42. The normalized spacial score (nSPS) is 11.0. The van der Waals surface area contributed by atoms with Crippen molar-refractivity contribution in [2.24, 2.45) is 0 Å². The van der Waals surface area contributed by atoms with E-state index in [1.807, 2.05) is 81.8 Å². The van der Waals surface area contributed by atoms with Gasteiger partial charge in [-0.1, -0.05) is 309 Å². The Labute approximate surface area is 645 Å². The monoisotopic (exact) mass is 1420 g/mol. The molecule has 19 aromatic rings. The highest BCUT2D eigenvalue weighted by molar-refractivity contribution is 5.96. The van der Waals surface area contributed by atoms with Gasteiger partial charge < -0.3 is 0 Å². The molecule has 6 heterocycles. The van der Waals surface area contributed by atoms with Crippen LogP contribution >= 0.6 is 0 Å². The molecule has 0 atom stereocenters. The van der Waals surface area contributed by atoms with E-state index in [9.17, 15) is 0 Å². The molecule has 13 aromatic carbocycles. The average Bonchev–Trinajstić information content (AvgIpc) is 0.806. The number of pyridine rings is 3. The number of aryl methyl sites for hydroxylation is 3. The standard InChI is InChI=1S/C38H27N3.2C32H23N3/c1-26-40-36(30-19-17-29(18-20-30)35-16-8-14-31-15-9-21-39-38(31)35)25-37(41-26)34-23-32(27-10-4-2-5-11-27)22-33(24-34)28-12-6-3-7-13-28;1-22-34-30(21-31(35-22)28-12-5-11-27(20-28)23-8-3-2-4-9-23)25-17-15-24(16-18-25)29-14-6-10-26-13-7-19-33-32(26)29;1-22-34-30(26-16-12-24(13-17-26)23-7-3-2-4-8-23)21-31(35-22)27-18-14-25(15-19-27)29-11-5-9-28-10-6-20-33-32(28)29/h2-25H,1H3;2*2-21H,1H3. The summed E-state index contributed by atoms with van der Waals surface area (Å²) in [5.74, 6) is 2.25. The Hall–Kier alpha value is -14.7. The van der Waals surface area contributed by atoms with E-state index in [0.29, 0.717) is 0 Å². The minimum atomic E-state index is 0.742. The van der Waals surface area contributed by atoms with Crippen molar-refractivity contribution >= 4 is 32.7 Å². The first-order valence-corrected chi connectivity index (χ1v) is 37.2. The molecule has 0 N–H and O–H groups in total. The van der Waals surface area contributed by atoms with E-state index in [4.69, 9.17) is 29.9 Å². The molecule has 0 saturated carbocycles. The molecule has 0 bridgehead atoms. The summed E-state index contributed by atoms with van der Waals surface area (Å²) in [6.07, 6.45) is 5.54. The minimum absolute atomic E-state index is 0.742. The van der Waals surface area contributed by atoms with Gasteiger partial charge in [0.2, 0.25) is 0 Å². The van der Waals surface area contributed by atoms with E-state index in [-0.39, 0.29) is 0 Å². The summed E-state index contributed by atoms with van der Waals surface area (Å²) in [6, 6.07) is 129. The number of fused-ring (bicyclic) bond motifs is 3. The van der Waals surface area contributed by atoms with Crippen molar-refractivity contribution in [3.63, 3.8) is 0 Å². The molecule has 0 amide bonds. The van der Waals surface area contributed by atoms with Crippen molar-refractivity contribution in [1.29, 1.82) is 0 Å². The molecule has 19 rings (SSSR count). The Balaban J connectivity index is 0.000000122. The Morgan fingerprint density at radius 1 is 0.153 bits per heavy atom. The van der Waals surface area contributed by atoms with Gasteiger partial charge >= 0.3 is 0 Å². The van der Waals surface area contributed by atoms with E-state index < -0.39 is 0 Å². The minimum Gasteiger partial charge on any atom is -0.256 e. The summed E-state index contributed by atoms with van der Waals surface area (Å²) in [7, 11) is 0. The van der Waals surface area contributed by atoms with E-state index in [1.165, 1.54) is 33.4 Å². The van der Waals surface area contributed by atoms with Crippen LogP contribution in [0.25, 0.3) is 178 Å². The molecule has 6 aromatic heterocycles. The molecule has 0 aliphatic carbocycles. The first-order chi connectivity index (χ1) is 54.7. The van der Waals surface area contributed by atoms with Crippen LogP contribution in [-0.2, 0) is 0 Å². The van der Waals surface area contributed by atoms with Crippen LogP contribution in [0.5, 0.6) is 0 Å². The number of aromatic nitrogens is 9. The van der Waals surface area contributed by atoms with Gasteiger partial charge in [-0.15, -0.1) is 0 Å². The van der Waals surface area contributed by atoms with Crippen molar-refractivity contribution in [3.05, 3.63) is 406 Å². The van der Waals surface area contributed by atoms with Crippen LogP contribution in [0.3, 0.4) is 0 Å². The van der Waals surface area contributed by atoms with Gasteiger partial charge in [0.05, 0.1) is 50.7 Å². The Kier molecular flexibility index (Phi) is 19.9. The quantitative estimate of drug-likeness (QED) is 0.111. The smallest absolute Gasteiger partial charge is 0.126 e. The number of nitrogens with zero attached hydrogens (tertiary/aromatic N) is 9. The lowest BCUT2D eigenvalue weighted by Gasteiger charge is -2.12. The fourth-order valence-electron chi connectivity index (χ4n) is 14.4. The van der Waals surface area contributed by atoms with Gasteiger partial charge in [-0.25, -0.2) is 29.9 Å². The molecule has 9 nitrogen and oxygen atoms in total. The third kappa shape index (κ3) is 15.7. The molecule has 0 saturated heterocycles. The highest BCUT2D eigenvalue weighted by Gasteiger charge is 2.16. The fraction of sp³-hybridized carbons (Fsp3) is 0.0294. The SMILES string of the molecule is Cc1nc(-c2ccc(-c3cccc4cccnc34)cc2)cc(-c2cc(-c3ccccc3)cc(-c3ccccc3)c2)n1.Cc1nc(-c2ccc(-c3cccc4cccnc34)cc2)cc(-c2cccc(-c3ccccc3)c2)n1.Cc1nc(-c2ccc(-c3ccccc3)cc2)cc(-c2ccc(-c3cccc4cccnc34)cc2)n1. The second-order valence-electron chi connectivity index (χ2n) is 27.4. The van der Waals surface area contributed by atoms with Crippen molar-refractivity contribution in [1.82, 2.24) is 44.9 Å². The average molecular weight is 1420 g/mol. The van der Waals surface area contributed by atoms with Gasteiger partial charge in [0, 0.05) is 84.8 Å². The van der Waals surface area contributed by atoms with Gasteiger partial charge in [0.25, 0.3) is 0 Å². The van der Waals surface area contributed by atoms with Crippen LogP contribution in [0.15, 0.2) is 389 Å². The predicted molar refractivity (Wildman–Crippen MR) is 457 cm³/mol. The van der Waals surface area contributed by atoms with E-state index >= 15 is 0 Å². The fourth-order valence-corrected chi connectivity index (χ4v) is 14.4. The van der Waals surface area contributed by atoms with Crippen molar-refractivity contribution < 1.29 is 0 Å². The highest BCUT2D eigenvalue weighted by Crippen LogP contribution is 2.38. The first-order valence-electron chi connectivity index (χ1n) is 37.2. The third-order valence-electron chi connectivity index (χ3n) is 19.9. The Bertz CT molecular complexity index is 6430. The predicted octanol–water partition coefficient (Wildman–Crippen LogP) is 25.7. The number of hydrogen-bond donors (Lipinski definition) is 0. The first kappa shape index (κ1) is 69.4. The van der Waals surface area contributed by atoms with Crippen LogP contribution < -0.4 is 0 Å². The largest absolute Gasteiger partial charge is 0.256 e. The van der Waals surface area contributed by atoms with Gasteiger partial charge in [0.15, 0.2) is 0 Å². The third-order valence-corrected chi connectivity index (χ3v) is 19.9. The Morgan fingerprint density at radius 2 is 0.378 bits per heavy atom. The summed E-state index contributed by atoms with van der Waals surface area (Å²) in [4.78, 5) is 42.5. The maximum absolute atomic E-state index is 4.88. The maximum Gasteiger partial charge on any atom is 0.126 e. The van der Waals surface area contributed by atoms with E-state index in [2.05, 4.69) is 343 Å². The van der Waals surface area contributed by atoms with Crippen LogP contribution in [-0.4, -0.2) is 44.9 Å². The molecule has 0 radical (unpaired) electrons. The molecule has 0 fully saturated rings. The lowest BCUT2D eigenvalue weighted by Crippen LogP contribution is -1.96. The summed E-state index contributed by atoms with van der Waals surface area (Å²) in [6.45, 7) is 5.86. The zero-order chi connectivity index (χ0) is 74.8. The molecule has 0 unspecified atom stereocenters. The lowest BCUT2D eigenvalue weighted by molar-refractivity contribution is 1.06. The number of hydrogen-bond acceptors (Lipinski definition) is 9. The lowest BCUT2D eigenvalue weighted by atomic mass is 9.94. The van der Waals surface area contributed by atoms with E-state index in [0.717, 1.165) is 162 Å². The zero-order valence-electron chi connectivity index (χ0n) is 61.5. The number of benzene rings is 13. The van der Waals surface area contributed by atoms with Crippen LogP contribution in [0.1, 0.15) is 17.5 Å². The van der Waals surface area contributed by atoms with Gasteiger partial charge in [-0.3, -0.25) is 15.0 Å². The molecular formula is C102H73N9. The van der Waals surface area contributed by atoms with Crippen molar-refractivity contribution in [2.75, 3.05) is 0 Å². The molecular weight excluding hydrogens is 1350 g/mol. The molecule has 526 valence electrons. The molecule has 0 aliphatic rings. The summed E-state index contributed by atoms with van der Waals surface area (Å²) >= 11 is 0. The second-order valence-corrected chi connectivity index (χ2v) is 27.4. The highest BCUT2D eigenvalue weighted by atomic mass is 14.9. The van der Waals surface area contributed by atoms with Crippen molar-refractivity contribution in [3.8, 4) is 145 Å². The van der Waals surface area contributed by atoms with E-state index in [1.54, 1.807) is 0 Å². The second kappa shape index (κ2) is 31.8. The summed E-state index contributed by atoms with van der Waals surface area (Å²) < 4.78 is 0. The molecule has 9 heteroatoms. The van der Waals surface area contributed by atoms with Crippen LogP contribution in [0.4, 0.5) is 0 Å². The van der Waals surface area contributed by atoms with Crippen LogP contribution in [0, 0.1) is 20.8 Å². The van der Waals surface area contributed by atoms with Crippen LogP contribution in [0.2, 0.25) is 0 Å². The molecule has 111 heavy (non-hydrogen) atoms. The number of rotatable bonds is 13. The summed E-state index contributed by atoms with van der Waals surface area (Å²) in [5.41, 5.74) is 31.2. The Morgan fingerprint density at radius 3 is 0.721 bits per heavy atom. The van der Waals surface area contributed by atoms with Gasteiger partial charge in [-0.05, 0) is 143 Å². The molecule has 0 spiro atoms.